The van der Waals surface area contributed by atoms with Crippen LogP contribution in [0.25, 0.3) is 0 Å². The lowest BCUT2D eigenvalue weighted by Gasteiger charge is -2.07. The minimum absolute atomic E-state index is 0.602. The summed E-state index contributed by atoms with van der Waals surface area (Å²) in [6, 6.07) is 3.53. The first-order valence-corrected chi connectivity index (χ1v) is 3.72. The summed E-state index contributed by atoms with van der Waals surface area (Å²) in [6.45, 7) is 1.88. The van der Waals surface area contributed by atoms with Crippen LogP contribution in [0.3, 0.4) is 0 Å². The Morgan fingerprint density at radius 1 is 1.50 bits per heavy atom. The molecule has 64 valence electrons. The van der Waals surface area contributed by atoms with E-state index < -0.39 is 0 Å². The number of hydrogen-bond donors (Lipinski definition) is 2. The highest BCUT2D eigenvalue weighted by Crippen LogP contribution is 2.21. The minimum Gasteiger partial charge on any atom is -0.397 e. The van der Waals surface area contributed by atoms with Gasteiger partial charge >= 0.3 is 0 Å². The van der Waals surface area contributed by atoms with Crippen LogP contribution in [-0.4, -0.2) is 13.3 Å². The number of nitrogen functional groups attached to an aromatic ring is 1. The van der Waals surface area contributed by atoms with Gasteiger partial charge in [0.25, 0.3) is 0 Å². The SMILES string of the molecule is CNc1cc(C)c(C=O)cc1N. The van der Waals surface area contributed by atoms with Crippen molar-refractivity contribution < 1.29 is 4.79 Å². The quantitative estimate of drug-likeness (QED) is 0.513. The van der Waals surface area contributed by atoms with Crippen LogP contribution in [0, 0.1) is 6.92 Å². The third-order valence-electron chi connectivity index (χ3n) is 1.83. The molecule has 12 heavy (non-hydrogen) atoms. The van der Waals surface area contributed by atoms with Crippen LogP contribution in [0.1, 0.15) is 15.9 Å². The molecule has 0 saturated heterocycles. The third-order valence-corrected chi connectivity index (χ3v) is 1.83. The Morgan fingerprint density at radius 2 is 2.17 bits per heavy atom. The standard InChI is InChI=1S/C9H12N2O/c1-6-3-9(11-2)8(10)4-7(6)5-12/h3-5,11H,10H2,1-2H3. The minimum atomic E-state index is 0.602. The molecular weight excluding hydrogens is 152 g/mol. The van der Waals surface area contributed by atoms with Gasteiger partial charge < -0.3 is 11.1 Å². The van der Waals surface area contributed by atoms with E-state index in [1.807, 2.05) is 13.0 Å². The van der Waals surface area contributed by atoms with Gasteiger partial charge in [-0.3, -0.25) is 4.79 Å². The Hall–Kier alpha value is -1.51. The summed E-state index contributed by atoms with van der Waals surface area (Å²) >= 11 is 0. The van der Waals surface area contributed by atoms with Gasteiger partial charge in [-0.05, 0) is 24.6 Å². The maximum atomic E-state index is 10.5. The molecule has 0 amide bonds. The van der Waals surface area contributed by atoms with Crippen molar-refractivity contribution in [3.05, 3.63) is 23.3 Å². The number of hydrogen-bond acceptors (Lipinski definition) is 3. The number of aryl methyl sites for hydroxylation is 1. The zero-order valence-electron chi connectivity index (χ0n) is 7.22. The lowest BCUT2D eigenvalue weighted by atomic mass is 10.1. The van der Waals surface area contributed by atoms with Gasteiger partial charge in [0.2, 0.25) is 0 Å². The van der Waals surface area contributed by atoms with Crippen LogP contribution < -0.4 is 11.1 Å². The fraction of sp³-hybridized carbons (Fsp3) is 0.222. The molecule has 0 radical (unpaired) electrons. The number of benzene rings is 1. The summed E-state index contributed by atoms with van der Waals surface area (Å²) in [7, 11) is 1.80. The Balaban J connectivity index is 3.25. The molecule has 1 aromatic carbocycles. The molecule has 0 bridgehead atoms. The smallest absolute Gasteiger partial charge is 0.150 e. The lowest BCUT2D eigenvalue weighted by Crippen LogP contribution is -1.98. The second kappa shape index (κ2) is 3.26. The zero-order chi connectivity index (χ0) is 9.14. The van der Waals surface area contributed by atoms with E-state index in [2.05, 4.69) is 5.32 Å². The van der Waals surface area contributed by atoms with Gasteiger partial charge in [-0.2, -0.15) is 0 Å². The highest BCUT2D eigenvalue weighted by molar-refractivity contribution is 5.83. The molecule has 3 N–H and O–H groups in total. The van der Waals surface area contributed by atoms with Crippen molar-refractivity contribution in [2.75, 3.05) is 18.1 Å². The predicted molar refractivity (Wildman–Crippen MR) is 50.5 cm³/mol. The summed E-state index contributed by atoms with van der Waals surface area (Å²) in [5, 5.41) is 2.95. The summed E-state index contributed by atoms with van der Waals surface area (Å²) < 4.78 is 0. The van der Waals surface area contributed by atoms with Crippen LogP contribution in [-0.2, 0) is 0 Å². The molecule has 0 atom stereocenters. The second-order valence-electron chi connectivity index (χ2n) is 2.66. The molecule has 0 saturated carbocycles. The summed E-state index contributed by atoms with van der Waals surface area (Å²) in [5.74, 6) is 0. The molecular formula is C9H12N2O. The number of rotatable bonds is 2. The largest absolute Gasteiger partial charge is 0.397 e. The Kier molecular flexibility index (Phi) is 2.33. The summed E-state index contributed by atoms with van der Waals surface area (Å²) in [4.78, 5) is 10.5. The molecule has 0 spiro atoms. The molecule has 0 aliphatic carbocycles. The normalized spacial score (nSPS) is 9.50. The third kappa shape index (κ3) is 1.39. The summed E-state index contributed by atoms with van der Waals surface area (Å²) in [6.07, 6.45) is 0.811. The van der Waals surface area contributed by atoms with E-state index >= 15 is 0 Å². The molecule has 3 heteroatoms. The zero-order valence-corrected chi connectivity index (χ0v) is 7.22. The first-order valence-electron chi connectivity index (χ1n) is 3.72. The Labute approximate surface area is 71.6 Å². The number of aldehydes is 1. The fourth-order valence-electron chi connectivity index (χ4n) is 1.09. The fourth-order valence-corrected chi connectivity index (χ4v) is 1.09. The van der Waals surface area contributed by atoms with Crippen molar-refractivity contribution in [3.8, 4) is 0 Å². The van der Waals surface area contributed by atoms with Gasteiger partial charge in [0.15, 0.2) is 0 Å². The maximum absolute atomic E-state index is 10.5. The van der Waals surface area contributed by atoms with E-state index in [1.165, 1.54) is 0 Å². The Morgan fingerprint density at radius 3 is 2.67 bits per heavy atom. The average Bonchev–Trinajstić information content (AvgIpc) is 2.08. The van der Waals surface area contributed by atoms with Crippen molar-refractivity contribution in [1.82, 2.24) is 0 Å². The van der Waals surface area contributed by atoms with Crippen molar-refractivity contribution in [3.63, 3.8) is 0 Å². The van der Waals surface area contributed by atoms with E-state index in [9.17, 15) is 4.79 Å². The van der Waals surface area contributed by atoms with Crippen molar-refractivity contribution in [1.29, 1.82) is 0 Å². The molecule has 1 aromatic rings. The number of nitrogens with two attached hydrogens (primary N) is 1. The lowest BCUT2D eigenvalue weighted by molar-refractivity contribution is 0.112. The number of anilines is 2. The van der Waals surface area contributed by atoms with E-state index in [0.29, 0.717) is 11.3 Å². The molecule has 0 unspecified atom stereocenters. The number of carbonyl (C=O) groups excluding carboxylic acids is 1. The first-order chi connectivity index (χ1) is 5.69. The molecule has 0 fully saturated rings. The van der Waals surface area contributed by atoms with E-state index in [-0.39, 0.29) is 0 Å². The van der Waals surface area contributed by atoms with Crippen LogP contribution in [0.15, 0.2) is 12.1 Å². The maximum Gasteiger partial charge on any atom is 0.150 e. The molecule has 0 aliphatic heterocycles. The topological polar surface area (TPSA) is 55.1 Å². The van der Waals surface area contributed by atoms with Crippen LogP contribution in [0.5, 0.6) is 0 Å². The van der Waals surface area contributed by atoms with Crippen molar-refractivity contribution in [2.24, 2.45) is 0 Å². The van der Waals surface area contributed by atoms with Crippen molar-refractivity contribution in [2.45, 2.75) is 6.92 Å². The second-order valence-corrected chi connectivity index (χ2v) is 2.66. The summed E-state index contributed by atoms with van der Waals surface area (Å²) in [5.41, 5.74) is 8.70. The van der Waals surface area contributed by atoms with E-state index in [0.717, 1.165) is 17.5 Å². The van der Waals surface area contributed by atoms with Crippen LogP contribution in [0.4, 0.5) is 11.4 Å². The van der Waals surface area contributed by atoms with Crippen LogP contribution in [0.2, 0.25) is 0 Å². The Bertz CT molecular complexity index is 308. The molecule has 0 aromatic heterocycles. The number of nitrogens with one attached hydrogen (secondary N) is 1. The predicted octanol–water partition coefficient (Wildman–Crippen LogP) is 1.43. The van der Waals surface area contributed by atoms with E-state index in [4.69, 9.17) is 5.73 Å². The molecule has 0 aliphatic rings. The van der Waals surface area contributed by atoms with Gasteiger partial charge in [-0.15, -0.1) is 0 Å². The molecule has 0 heterocycles. The first kappa shape index (κ1) is 8.59. The van der Waals surface area contributed by atoms with Gasteiger partial charge in [-0.25, -0.2) is 0 Å². The number of carbonyl (C=O) groups is 1. The highest BCUT2D eigenvalue weighted by atomic mass is 16.1. The average molecular weight is 164 g/mol. The molecule has 1 rings (SSSR count). The van der Waals surface area contributed by atoms with E-state index in [1.54, 1.807) is 13.1 Å². The van der Waals surface area contributed by atoms with Gasteiger partial charge in [0, 0.05) is 12.6 Å². The van der Waals surface area contributed by atoms with Crippen molar-refractivity contribution >= 4 is 17.7 Å². The molecule has 3 nitrogen and oxygen atoms in total. The van der Waals surface area contributed by atoms with Crippen LogP contribution >= 0.6 is 0 Å². The van der Waals surface area contributed by atoms with Gasteiger partial charge in [0.05, 0.1) is 11.4 Å². The van der Waals surface area contributed by atoms with Gasteiger partial charge in [0.1, 0.15) is 6.29 Å². The van der Waals surface area contributed by atoms with Gasteiger partial charge in [-0.1, -0.05) is 0 Å². The monoisotopic (exact) mass is 164 g/mol. The highest BCUT2D eigenvalue weighted by Gasteiger charge is 2.01.